The fourth-order valence-corrected chi connectivity index (χ4v) is 2.26. The van der Waals surface area contributed by atoms with Crippen LogP contribution in [0, 0.1) is 11.8 Å². The van der Waals surface area contributed by atoms with E-state index >= 15 is 0 Å². The summed E-state index contributed by atoms with van der Waals surface area (Å²) in [6.45, 7) is 0.524. The van der Waals surface area contributed by atoms with E-state index in [0.29, 0.717) is 24.5 Å². The molecule has 3 aromatic rings. The second-order valence-electron chi connectivity index (χ2n) is 5.47. The minimum atomic E-state index is -4.72. The molecule has 138 valence electrons. The average molecular weight is 372 g/mol. The van der Waals surface area contributed by atoms with Crippen molar-refractivity contribution in [1.82, 2.24) is 14.8 Å². The Morgan fingerprint density at radius 3 is 2.37 bits per heavy atom. The monoisotopic (exact) mass is 372 g/mol. The van der Waals surface area contributed by atoms with Gasteiger partial charge in [0.2, 0.25) is 0 Å². The molecule has 0 fully saturated rings. The van der Waals surface area contributed by atoms with Crippen molar-refractivity contribution in [2.75, 3.05) is 6.54 Å². The zero-order valence-corrected chi connectivity index (χ0v) is 14.1. The number of rotatable bonds is 4. The van der Waals surface area contributed by atoms with Gasteiger partial charge in [-0.3, -0.25) is 0 Å². The van der Waals surface area contributed by atoms with Crippen LogP contribution in [0.3, 0.4) is 0 Å². The van der Waals surface area contributed by atoms with Gasteiger partial charge in [0, 0.05) is 24.1 Å². The molecule has 2 N–H and O–H groups in total. The van der Waals surface area contributed by atoms with Crippen LogP contribution in [0.1, 0.15) is 12.0 Å². The molecule has 5 nitrogen and oxygen atoms in total. The van der Waals surface area contributed by atoms with Gasteiger partial charge in [-0.1, -0.05) is 11.8 Å². The predicted molar refractivity (Wildman–Crippen MR) is 94.0 cm³/mol. The third-order valence-corrected chi connectivity index (χ3v) is 3.47. The smallest absolute Gasteiger partial charge is 0.406 e. The summed E-state index contributed by atoms with van der Waals surface area (Å²) >= 11 is 0. The molecule has 0 bridgehead atoms. The van der Waals surface area contributed by atoms with Gasteiger partial charge < -0.3 is 10.5 Å². The average Bonchev–Trinajstić information content (AvgIpc) is 3.12. The third kappa shape index (κ3) is 5.09. The number of ether oxygens (including phenoxy) is 1. The van der Waals surface area contributed by atoms with E-state index < -0.39 is 6.36 Å². The van der Waals surface area contributed by atoms with Crippen LogP contribution >= 0.6 is 0 Å². The summed E-state index contributed by atoms with van der Waals surface area (Å²) in [7, 11) is 0. The topological polar surface area (TPSA) is 66.0 Å². The molecule has 0 aliphatic carbocycles. The first-order valence-corrected chi connectivity index (χ1v) is 8.02. The quantitative estimate of drug-likeness (QED) is 0.712. The molecule has 1 heterocycles. The molecule has 0 amide bonds. The first kappa shape index (κ1) is 18.5. The lowest BCUT2D eigenvalue weighted by atomic mass is 10.1. The Morgan fingerprint density at radius 1 is 1.04 bits per heavy atom. The van der Waals surface area contributed by atoms with E-state index in [4.69, 9.17) is 5.73 Å². The fourth-order valence-electron chi connectivity index (χ4n) is 2.26. The first-order valence-electron chi connectivity index (χ1n) is 8.02. The van der Waals surface area contributed by atoms with E-state index in [1.54, 1.807) is 0 Å². The van der Waals surface area contributed by atoms with Crippen molar-refractivity contribution in [2.45, 2.75) is 12.8 Å². The summed E-state index contributed by atoms with van der Waals surface area (Å²) in [6.07, 6.45) is -2.59. The molecular weight excluding hydrogens is 357 g/mol. The van der Waals surface area contributed by atoms with E-state index in [1.807, 2.05) is 24.3 Å². The maximum absolute atomic E-state index is 12.2. The van der Waals surface area contributed by atoms with Gasteiger partial charge >= 0.3 is 6.36 Å². The van der Waals surface area contributed by atoms with Crippen LogP contribution in [-0.2, 0) is 0 Å². The molecule has 0 aliphatic rings. The first-order chi connectivity index (χ1) is 12.9. The van der Waals surface area contributed by atoms with Crippen LogP contribution in [0.4, 0.5) is 13.2 Å². The van der Waals surface area contributed by atoms with Crippen LogP contribution in [0.2, 0.25) is 0 Å². The lowest BCUT2D eigenvalue weighted by molar-refractivity contribution is -0.274. The van der Waals surface area contributed by atoms with Gasteiger partial charge in [0.25, 0.3) is 0 Å². The molecule has 0 saturated heterocycles. The van der Waals surface area contributed by atoms with Crippen molar-refractivity contribution in [2.24, 2.45) is 5.73 Å². The van der Waals surface area contributed by atoms with Crippen molar-refractivity contribution >= 4 is 0 Å². The Labute approximate surface area is 153 Å². The normalized spacial score (nSPS) is 11.0. The van der Waals surface area contributed by atoms with Crippen LogP contribution in [0.15, 0.2) is 54.9 Å². The molecule has 27 heavy (non-hydrogen) atoms. The number of nitrogens with zero attached hydrogens (tertiary/aromatic N) is 3. The lowest BCUT2D eigenvalue weighted by Crippen LogP contribution is -2.17. The number of halogens is 3. The van der Waals surface area contributed by atoms with Crippen LogP contribution in [0.5, 0.6) is 5.75 Å². The molecule has 0 saturated carbocycles. The molecule has 0 radical (unpaired) electrons. The van der Waals surface area contributed by atoms with E-state index in [1.165, 1.54) is 35.3 Å². The SMILES string of the molecule is NCCC#Cc1ccc(-c2ncn(-c3ccc(OC(F)(F)F)cc3)n2)cc1. The molecule has 2 aromatic carbocycles. The number of benzene rings is 2. The van der Waals surface area contributed by atoms with Crippen molar-refractivity contribution < 1.29 is 17.9 Å². The Morgan fingerprint density at radius 2 is 1.74 bits per heavy atom. The molecule has 0 atom stereocenters. The zero-order chi connectivity index (χ0) is 19.3. The fraction of sp³-hybridized carbons (Fsp3) is 0.158. The zero-order valence-electron chi connectivity index (χ0n) is 14.1. The van der Waals surface area contributed by atoms with Gasteiger partial charge in [0.15, 0.2) is 5.82 Å². The molecule has 0 unspecified atom stereocenters. The molecular formula is C19H15F3N4O. The van der Waals surface area contributed by atoms with Gasteiger partial charge in [0.1, 0.15) is 12.1 Å². The summed E-state index contributed by atoms with van der Waals surface area (Å²) in [4.78, 5) is 4.24. The summed E-state index contributed by atoms with van der Waals surface area (Å²) in [5, 5.41) is 4.35. The number of nitrogens with two attached hydrogens (primary N) is 1. The summed E-state index contributed by atoms with van der Waals surface area (Å²) in [5.74, 6) is 6.17. The highest BCUT2D eigenvalue weighted by atomic mass is 19.4. The Bertz CT molecular complexity index is 952. The number of hydrogen-bond acceptors (Lipinski definition) is 4. The molecule has 8 heteroatoms. The van der Waals surface area contributed by atoms with Gasteiger partial charge in [-0.15, -0.1) is 18.3 Å². The van der Waals surface area contributed by atoms with Crippen molar-refractivity contribution in [3.63, 3.8) is 0 Å². The van der Waals surface area contributed by atoms with E-state index in [9.17, 15) is 13.2 Å². The number of hydrogen-bond donors (Lipinski definition) is 1. The number of alkyl halides is 3. The van der Waals surface area contributed by atoms with Crippen molar-refractivity contribution in [3.8, 4) is 34.7 Å². The molecule has 0 aliphatic heterocycles. The molecule has 3 rings (SSSR count). The van der Waals surface area contributed by atoms with E-state index in [2.05, 4.69) is 26.7 Å². The van der Waals surface area contributed by atoms with Crippen molar-refractivity contribution in [1.29, 1.82) is 0 Å². The minimum absolute atomic E-state index is 0.294. The third-order valence-electron chi connectivity index (χ3n) is 3.47. The second-order valence-corrected chi connectivity index (χ2v) is 5.47. The standard InChI is InChI=1S/C19H15F3N4O/c20-19(21,22)27-17-10-8-16(9-11-17)26-13-24-18(25-26)15-6-4-14(5-7-15)3-1-2-12-23/h4-11,13H,2,12,23H2. The van der Waals surface area contributed by atoms with Gasteiger partial charge in [-0.05, 0) is 48.5 Å². The number of aromatic nitrogens is 3. The molecule has 1 aromatic heterocycles. The van der Waals surface area contributed by atoms with Crippen LogP contribution in [0.25, 0.3) is 17.1 Å². The highest BCUT2D eigenvalue weighted by molar-refractivity contribution is 5.56. The predicted octanol–water partition coefficient (Wildman–Crippen LogP) is 3.53. The lowest BCUT2D eigenvalue weighted by Gasteiger charge is -2.09. The van der Waals surface area contributed by atoms with Crippen LogP contribution in [-0.4, -0.2) is 27.7 Å². The maximum atomic E-state index is 12.2. The Kier molecular flexibility index (Phi) is 5.43. The van der Waals surface area contributed by atoms with E-state index in [-0.39, 0.29) is 5.75 Å². The van der Waals surface area contributed by atoms with Gasteiger partial charge in [-0.25, -0.2) is 9.67 Å². The molecule has 0 spiro atoms. The second kappa shape index (κ2) is 7.93. The van der Waals surface area contributed by atoms with Gasteiger partial charge in [0.05, 0.1) is 5.69 Å². The highest BCUT2D eigenvalue weighted by Crippen LogP contribution is 2.24. The Balaban J connectivity index is 1.74. The van der Waals surface area contributed by atoms with Crippen LogP contribution < -0.4 is 10.5 Å². The highest BCUT2D eigenvalue weighted by Gasteiger charge is 2.30. The minimum Gasteiger partial charge on any atom is -0.406 e. The van der Waals surface area contributed by atoms with E-state index in [0.717, 1.165) is 11.1 Å². The maximum Gasteiger partial charge on any atom is 0.573 e. The largest absolute Gasteiger partial charge is 0.573 e. The summed E-state index contributed by atoms with van der Waals surface area (Å²) in [6, 6.07) is 12.8. The summed E-state index contributed by atoms with van der Waals surface area (Å²) in [5.41, 5.74) is 7.63. The summed E-state index contributed by atoms with van der Waals surface area (Å²) < 4.78 is 41.9. The Hall–Kier alpha value is -3.31. The van der Waals surface area contributed by atoms with Crippen molar-refractivity contribution in [3.05, 3.63) is 60.4 Å². The van der Waals surface area contributed by atoms with Gasteiger partial charge in [-0.2, -0.15) is 0 Å².